The predicted octanol–water partition coefficient (Wildman–Crippen LogP) is 2.81. The highest BCUT2D eigenvalue weighted by Gasteiger charge is 2.47. The molecule has 4 heteroatoms. The van der Waals surface area contributed by atoms with Crippen LogP contribution in [0.2, 0.25) is 5.02 Å². The summed E-state index contributed by atoms with van der Waals surface area (Å²) in [6, 6.07) is 7.89. The van der Waals surface area contributed by atoms with Crippen LogP contribution in [0, 0.1) is 0 Å². The zero-order valence-corrected chi connectivity index (χ0v) is 10.1. The Balaban J connectivity index is 2.24. The van der Waals surface area contributed by atoms with Crippen molar-refractivity contribution in [2.24, 2.45) is 5.90 Å². The van der Waals surface area contributed by atoms with Crippen molar-refractivity contribution >= 4 is 22.5 Å². The third kappa shape index (κ3) is 1.71. The summed E-state index contributed by atoms with van der Waals surface area (Å²) in [6.07, 6.45) is 3.90. The lowest BCUT2D eigenvalue weighted by atomic mass is 9.94. The van der Waals surface area contributed by atoms with Gasteiger partial charge >= 0.3 is 0 Å². The fourth-order valence-electron chi connectivity index (χ4n) is 2.40. The van der Waals surface area contributed by atoms with Crippen LogP contribution in [0.3, 0.4) is 0 Å². The van der Waals surface area contributed by atoms with E-state index in [9.17, 15) is 0 Å². The second-order valence-corrected chi connectivity index (χ2v) is 5.00. The maximum absolute atomic E-state index is 6.33. The number of hydrogen-bond donors (Lipinski definition) is 1. The second-order valence-electron chi connectivity index (χ2n) is 4.59. The standard InChI is InChI=1S/C13H13ClN2O/c14-10-4-3-9-2-1-7-16-12(9)11(10)13(5-6-13)8-17-15/h1-4,7H,5-6,8,15H2. The maximum atomic E-state index is 6.33. The molecule has 17 heavy (non-hydrogen) atoms. The number of hydrogen-bond acceptors (Lipinski definition) is 3. The Morgan fingerprint density at radius 1 is 1.35 bits per heavy atom. The Morgan fingerprint density at radius 2 is 2.18 bits per heavy atom. The summed E-state index contributed by atoms with van der Waals surface area (Å²) in [4.78, 5) is 9.29. The summed E-state index contributed by atoms with van der Waals surface area (Å²) < 4.78 is 0. The molecule has 1 fully saturated rings. The Hall–Kier alpha value is -1.16. The van der Waals surface area contributed by atoms with E-state index in [1.807, 2.05) is 24.3 Å². The van der Waals surface area contributed by atoms with E-state index in [-0.39, 0.29) is 5.41 Å². The van der Waals surface area contributed by atoms with Crippen LogP contribution in [0.15, 0.2) is 30.5 Å². The average molecular weight is 249 g/mol. The number of halogens is 1. The normalized spacial score (nSPS) is 17.3. The molecule has 1 aliphatic carbocycles. The van der Waals surface area contributed by atoms with Gasteiger partial charge in [-0.15, -0.1) is 0 Å². The van der Waals surface area contributed by atoms with Crippen LogP contribution in [-0.2, 0) is 10.3 Å². The van der Waals surface area contributed by atoms with Gasteiger partial charge in [-0.1, -0.05) is 23.7 Å². The molecule has 88 valence electrons. The van der Waals surface area contributed by atoms with E-state index in [4.69, 9.17) is 22.3 Å². The SMILES string of the molecule is NOCC1(c2c(Cl)ccc3cccnc23)CC1. The fraction of sp³-hybridized carbons (Fsp3) is 0.308. The van der Waals surface area contributed by atoms with Crippen LogP contribution in [0.25, 0.3) is 10.9 Å². The van der Waals surface area contributed by atoms with Gasteiger partial charge < -0.3 is 4.84 Å². The first-order chi connectivity index (χ1) is 8.27. The van der Waals surface area contributed by atoms with Crippen molar-refractivity contribution in [3.63, 3.8) is 0 Å². The van der Waals surface area contributed by atoms with Crippen LogP contribution in [0.4, 0.5) is 0 Å². The van der Waals surface area contributed by atoms with Gasteiger partial charge in [0.25, 0.3) is 0 Å². The lowest BCUT2D eigenvalue weighted by molar-refractivity contribution is 0.116. The minimum absolute atomic E-state index is 0.0281. The van der Waals surface area contributed by atoms with Crippen molar-refractivity contribution < 1.29 is 4.84 Å². The molecule has 1 aliphatic rings. The van der Waals surface area contributed by atoms with E-state index in [1.165, 1.54) is 0 Å². The van der Waals surface area contributed by atoms with Crippen LogP contribution < -0.4 is 5.90 Å². The summed E-state index contributed by atoms with van der Waals surface area (Å²) in [7, 11) is 0. The largest absolute Gasteiger partial charge is 0.304 e. The molecule has 2 aromatic rings. The molecule has 0 amide bonds. The fourth-order valence-corrected chi connectivity index (χ4v) is 2.75. The van der Waals surface area contributed by atoms with E-state index < -0.39 is 0 Å². The second kappa shape index (κ2) is 3.95. The number of rotatable bonds is 3. The number of fused-ring (bicyclic) bond motifs is 1. The highest BCUT2D eigenvalue weighted by atomic mass is 35.5. The first-order valence-corrected chi connectivity index (χ1v) is 6.00. The van der Waals surface area contributed by atoms with Crippen molar-refractivity contribution in [1.29, 1.82) is 0 Å². The van der Waals surface area contributed by atoms with Crippen molar-refractivity contribution in [3.05, 3.63) is 41.0 Å². The topological polar surface area (TPSA) is 48.1 Å². The van der Waals surface area contributed by atoms with E-state index in [2.05, 4.69) is 4.98 Å². The molecule has 0 saturated heterocycles. The van der Waals surface area contributed by atoms with Crippen LogP contribution in [0.1, 0.15) is 18.4 Å². The maximum Gasteiger partial charge on any atom is 0.0777 e. The number of benzene rings is 1. The Morgan fingerprint density at radius 3 is 2.88 bits per heavy atom. The first-order valence-electron chi connectivity index (χ1n) is 5.62. The number of pyridine rings is 1. The monoisotopic (exact) mass is 248 g/mol. The molecule has 0 spiro atoms. The minimum Gasteiger partial charge on any atom is -0.304 e. The lowest BCUT2D eigenvalue weighted by Gasteiger charge is -2.17. The average Bonchev–Trinajstić information content (AvgIpc) is 3.10. The van der Waals surface area contributed by atoms with E-state index in [1.54, 1.807) is 6.20 Å². The van der Waals surface area contributed by atoms with E-state index in [0.717, 1.165) is 34.3 Å². The van der Waals surface area contributed by atoms with Crippen molar-refractivity contribution in [3.8, 4) is 0 Å². The van der Waals surface area contributed by atoms with Gasteiger partial charge in [0, 0.05) is 27.6 Å². The molecule has 0 atom stereocenters. The summed E-state index contributed by atoms with van der Waals surface area (Å²) in [6.45, 7) is 0.502. The third-order valence-electron chi connectivity index (χ3n) is 3.47. The molecule has 0 unspecified atom stereocenters. The molecule has 1 aromatic carbocycles. The van der Waals surface area contributed by atoms with Gasteiger partial charge in [0.05, 0.1) is 12.1 Å². The van der Waals surface area contributed by atoms with Crippen molar-refractivity contribution in [2.75, 3.05) is 6.61 Å². The zero-order chi connectivity index (χ0) is 11.9. The van der Waals surface area contributed by atoms with Crippen LogP contribution in [0.5, 0.6) is 0 Å². The highest BCUT2D eigenvalue weighted by molar-refractivity contribution is 6.32. The summed E-state index contributed by atoms with van der Waals surface area (Å²) in [5.74, 6) is 5.22. The molecule has 2 N–H and O–H groups in total. The molecule has 0 radical (unpaired) electrons. The molecule has 0 aliphatic heterocycles. The Bertz CT molecular complexity index is 566. The van der Waals surface area contributed by atoms with Gasteiger partial charge in [0.15, 0.2) is 0 Å². The summed E-state index contributed by atoms with van der Waals surface area (Å²) in [5.41, 5.74) is 2.02. The van der Waals surface area contributed by atoms with Crippen LogP contribution >= 0.6 is 11.6 Å². The zero-order valence-electron chi connectivity index (χ0n) is 9.32. The Kier molecular flexibility index (Phi) is 2.54. The first kappa shape index (κ1) is 11.0. The number of aromatic nitrogens is 1. The molecule has 0 bridgehead atoms. The molecular formula is C13H13ClN2O. The summed E-state index contributed by atoms with van der Waals surface area (Å²) in [5, 5.41) is 1.86. The summed E-state index contributed by atoms with van der Waals surface area (Å²) >= 11 is 6.33. The van der Waals surface area contributed by atoms with Crippen molar-refractivity contribution in [2.45, 2.75) is 18.3 Å². The van der Waals surface area contributed by atoms with Gasteiger partial charge in [0.1, 0.15) is 0 Å². The molecular weight excluding hydrogens is 236 g/mol. The van der Waals surface area contributed by atoms with Crippen LogP contribution in [-0.4, -0.2) is 11.6 Å². The number of nitrogens with zero attached hydrogens (tertiary/aromatic N) is 1. The van der Waals surface area contributed by atoms with E-state index >= 15 is 0 Å². The highest BCUT2D eigenvalue weighted by Crippen LogP contribution is 2.52. The molecule has 3 rings (SSSR count). The predicted molar refractivity (Wildman–Crippen MR) is 67.8 cm³/mol. The van der Waals surface area contributed by atoms with E-state index in [0.29, 0.717) is 6.61 Å². The van der Waals surface area contributed by atoms with Gasteiger partial charge in [-0.05, 0) is 25.0 Å². The van der Waals surface area contributed by atoms with Gasteiger partial charge in [-0.2, -0.15) is 0 Å². The molecule has 1 aromatic heterocycles. The van der Waals surface area contributed by atoms with Gasteiger partial charge in [-0.25, -0.2) is 5.90 Å². The van der Waals surface area contributed by atoms with Crippen molar-refractivity contribution in [1.82, 2.24) is 4.98 Å². The number of nitrogens with two attached hydrogens (primary N) is 1. The Labute approximate surface area is 104 Å². The lowest BCUT2D eigenvalue weighted by Crippen LogP contribution is -2.19. The van der Waals surface area contributed by atoms with Gasteiger partial charge in [-0.3, -0.25) is 4.98 Å². The van der Waals surface area contributed by atoms with Gasteiger partial charge in [0.2, 0.25) is 0 Å². The smallest absolute Gasteiger partial charge is 0.0777 e. The third-order valence-corrected chi connectivity index (χ3v) is 3.78. The molecule has 1 saturated carbocycles. The molecule has 1 heterocycles. The minimum atomic E-state index is -0.0281. The quantitative estimate of drug-likeness (QED) is 0.850. The molecule has 3 nitrogen and oxygen atoms in total.